The molecule has 0 saturated carbocycles. The number of fused-ring (bicyclic) bond motifs is 4. The lowest BCUT2D eigenvalue weighted by molar-refractivity contribution is -0.157. The van der Waals surface area contributed by atoms with Crippen molar-refractivity contribution in [1.82, 2.24) is 9.80 Å². The van der Waals surface area contributed by atoms with Crippen molar-refractivity contribution in [2.75, 3.05) is 32.8 Å². The monoisotopic (exact) mass is 412 g/mol. The average molecular weight is 413 g/mol. The van der Waals surface area contributed by atoms with E-state index in [9.17, 15) is 9.59 Å². The zero-order chi connectivity index (χ0) is 20.7. The van der Waals surface area contributed by atoms with E-state index in [0.29, 0.717) is 25.3 Å². The van der Waals surface area contributed by atoms with E-state index in [0.717, 1.165) is 64.1 Å². The quantitative estimate of drug-likeness (QED) is 0.765. The molecule has 0 unspecified atom stereocenters. The first-order valence-corrected chi connectivity index (χ1v) is 11.5. The number of hydrogen-bond acceptors (Lipinski definition) is 4. The summed E-state index contributed by atoms with van der Waals surface area (Å²) in [6.45, 7) is 5.70. The molecule has 1 aromatic carbocycles. The molecular formula is C24H32N2O4. The maximum atomic E-state index is 12.8. The molecule has 0 bridgehead atoms. The second-order valence-electron chi connectivity index (χ2n) is 9.36. The lowest BCUT2D eigenvalue weighted by Gasteiger charge is -2.53. The van der Waals surface area contributed by atoms with Gasteiger partial charge in [0.1, 0.15) is 11.4 Å². The normalized spacial score (nSPS) is 27.6. The smallest absolute Gasteiger partial charge is 0.224 e. The molecule has 6 nitrogen and oxygen atoms in total. The predicted molar refractivity (Wildman–Crippen MR) is 112 cm³/mol. The van der Waals surface area contributed by atoms with Crippen molar-refractivity contribution >= 4 is 11.8 Å². The molecule has 3 fully saturated rings. The van der Waals surface area contributed by atoms with Gasteiger partial charge in [-0.1, -0.05) is 12.1 Å². The Morgan fingerprint density at radius 1 is 1.20 bits per heavy atom. The summed E-state index contributed by atoms with van der Waals surface area (Å²) >= 11 is 0. The van der Waals surface area contributed by atoms with Crippen LogP contribution in [0.3, 0.4) is 0 Å². The Labute approximate surface area is 178 Å². The molecule has 3 saturated heterocycles. The molecule has 4 heterocycles. The minimum Gasteiger partial charge on any atom is -0.486 e. The number of hydrogen-bond donors (Lipinski definition) is 0. The van der Waals surface area contributed by atoms with Crippen molar-refractivity contribution in [2.24, 2.45) is 5.92 Å². The molecule has 0 aromatic heterocycles. The molecule has 2 atom stereocenters. The lowest BCUT2D eigenvalue weighted by atomic mass is 9.70. The summed E-state index contributed by atoms with van der Waals surface area (Å²) in [4.78, 5) is 28.4. The number of likely N-dealkylation sites (tertiary alicyclic amines) is 2. The number of piperidine rings is 1. The second kappa shape index (κ2) is 7.88. The molecule has 30 heavy (non-hydrogen) atoms. The summed E-state index contributed by atoms with van der Waals surface area (Å²) in [6, 6.07) is 6.44. The van der Waals surface area contributed by atoms with Gasteiger partial charge in [-0.3, -0.25) is 9.59 Å². The van der Waals surface area contributed by atoms with Crippen LogP contribution in [0.5, 0.6) is 5.75 Å². The number of carbonyl (C=O) groups is 2. The van der Waals surface area contributed by atoms with E-state index in [4.69, 9.17) is 9.47 Å². The number of ether oxygens (including phenoxy) is 2. The maximum absolute atomic E-state index is 12.8. The van der Waals surface area contributed by atoms with E-state index in [1.165, 1.54) is 11.1 Å². The van der Waals surface area contributed by atoms with Crippen molar-refractivity contribution in [1.29, 1.82) is 0 Å². The van der Waals surface area contributed by atoms with Crippen LogP contribution >= 0.6 is 0 Å². The average Bonchev–Trinajstić information content (AvgIpc) is 3.17. The summed E-state index contributed by atoms with van der Waals surface area (Å²) in [6.07, 6.45) is 5.95. The molecule has 0 aliphatic carbocycles. The van der Waals surface area contributed by atoms with Gasteiger partial charge in [0.15, 0.2) is 0 Å². The third-order valence-electron chi connectivity index (χ3n) is 7.52. The largest absolute Gasteiger partial charge is 0.486 e. The Kier molecular flexibility index (Phi) is 5.21. The summed E-state index contributed by atoms with van der Waals surface area (Å²) in [7, 11) is 0. The molecule has 1 spiro atoms. The van der Waals surface area contributed by atoms with Gasteiger partial charge in [-0.25, -0.2) is 0 Å². The molecule has 6 heteroatoms. The van der Waals surface area contributed by atoms with E-state index in [-0.39, 0.29) is 23.5 Å². The first kappa shape index (κ1) is 19.9. The summed E-state index contributed by atoms with van der Waals surface area (Å²) < 4.78 is 13.0. The molecule has 5 rings (SSSR count). The highest BCUT2D eigenvalue weighted by Crippen LogP contribution is 2.53. The van der Waals surface area contributed by atoms with Gasteiger partial charge in [0.05, 0.1) is 6.10 Å². The minimum atomic E-state index is -0.242. The van der Waals surface area contributed by atoms with Crippen LogP contribution in [-0.2, 0) is 14.3 Å². The maximum Gasteiger partial charge on any atom is 0.224 e. The van der Waals surface area contributed by atoms with Crippen LogP contribution in [0, 0.1) is 12.8 Å². The number of rotatable bonds is 3. The highest BCUT2D eigenvalue weighted by molar-refractivity contribution is 5.80. The van der Waals surface area contributed by atoms with Crippen molar-refractivity contribution < 1.29 is 19.1 Å². The zero-order valence-corrected chi connectivity index (χ0v) is 17.9. The number of benzene rings is 1. The van der Waals surface area contributed by atoms with Crippen LogP contribution in [-0.4, -0.2) is 60.0 Å². The first-order valence-electron chi connectivity index (χ1n) is 11.5. The van der Waals surface area contributed by atoms with Crippen molar-refractivity contribution in [3.8, 4) is 5.75 Å². The van der Waals surface area contributed by atoms with Gasteiger partial charge >= 0.3 is 0 Å². The molecule has 162 valence electrons. The molecule has 2 amide bonds. The van der Waals surface area contributed by atoms with Gasteiger partial charge in [-0.15, -0.1) is 0 Å². The Hall–Kier alpha value is -2.08. The highest BCUT2D eigenvalue weighted by atomic mass is 16.5. The molecule has 4 aliphatic heterocycles. The van der Waals surface area contributed by atoms with Crippen molar-refractivity contribution in [3.05, 3.63) is 29.3 Å². The summed E-state index contributed by atoms with van der Waals surface area (Å²) in [5.41, 5.74) is 2.14. The summed E-state index contributed by atoms with van der Waals surface area (Å²) in [5.74, 6) is 1.66. The second-order valence-corrected chi connectivity index (χ2v) is 9.36. The third-order valence-corrected chi connectivity index (χ3v) is 7.52. The Bertz CT molecular complexity index is 830. The van der Waals surface area contributed by atoms with Crippen LogP contribution in [0.4, 0.5) is 0 Å². The molecule has 4 aliphatic rings. The minimum absolute atomic E-state index is 0.103. The fraction of sp³-hybridized carbons (Fsp3) is 0.667. The fourth-order valence-corrected chi connectivity index (χ4v) is 5.82. The Balaban J connectivity index is 1.27. The van der Waals surface area contributed by atoms with E-state index in [1.807, 2.05) is 9.80 Å². The van der Waals surface area contributed by atoms with E-state index in [1.54, 1.807) is 0 Å². The standard InChI is InChI=1S/C24H32N2O4/c1-17-6-7-18-20(16-17)30-24(19-4-3-15-29-23(18)19)9-13-26(14-10-24)22(28)8-12-25-11-2-5-21(25)27/h6-7,16,19,23H,2-5,8-15H2,1H3/t19-,23+/m0/s1. The van der Waals surface area contributed by atoms with Crippen LogP contribution in [0.25, 0.3) is 0 Å². The van der Waals surface area contributed by atoms with Gasteiger partial charge in [0.2, 0.25) is 11.8 Å². The first-order chi connectivity index (χ1) is 14.6. The Morgan fingerprint density at radius 2 is 2.03 bits per heavy atom. The molecule has 0 N–H and O–H groups in total. The lowest BCUT2D eigenvalue weighted by Crippen LogP contribution is -2.58. The van der Waals surface area contributed by atoms with Gasteiger partial charge in [0, 0.05) is 70.0 Å². The van der Waals surface area contributed by atoms with Crippen LogP contribution in [0.1, 0.15) is 62.2 Å². The molecular weight excluding hydrogens is 380 g/mol. The Morgan fingerprint density at radius 3 is 2.80 bits per heavy atom. The van der Waals surface area contributed by atoms with Gasteiger partial charge < -0.3 is 19.3 Å². The number of nitrogens with zero attached hydrogens (tertiary/aromatic N) is 2. The topological polar surface area (TPSA) is 59.1 Å². The summed E-state index contributed by atoms with van der Waals surface area (Å²) in [5, 5.41) is 0. The van der Waals surface area contributed by atoms with Gasteiger partial charge in [-0.05, 0) is 37.8 Å². The zero-order valence-electron chi connectivity index (χ0n) is 17.9. The van der Waals surface area contributed by atoms with Gasteiger partial charge in [-0.2, -0.15) is 0 Å². The number of aryl methyl sites for hydroxylation is 1. The van der Waals surface area contributed by atoms with Crippen LogP contribution < -0.4 is 4.74 Å². The van der Waals surface area contributed by atoms with E-state index >= 15 is 0 Å². The van der Waals surface area contributed by atoms with Crippen molar-refractivity contribution in [2.45, 2.75) is 63.6 Å². The van der Waals surface area contributed by atoms with E-state index < -0.39 is 0 Å². The highest BCUT2D eigenvalue weighted by Gasteiger charge is 2.52. The van der Waals surface area contributed by atoms with E-state index in [2.05, 4.69) is 25.1 Å². The SMILES string of the molecule is Cc1ccc2c(c1)OC1(CCN(C(=O)CCN3CCCC3=O)CC1)[C@H]1CCCO[C@H]21. The molecule has 1 aromatic rings. The third kappa shape index (κ3) is 3.49. The number of carbonyl (C=O) groups excluding carboxylic acids is 2. The fourth-order valence-electron chi connectivity index (χ4n) is 5.82. The van der Waals surface area contributed by atoms with Crippen LogP contribution in [0.2, 0.25) is 0 Å². The number of amides is 2. The van der Waals surface area contributed by atoms with Crippen LogP contribution in [0.15, 0.2) is 18.2 Å². The van der Waals surface area contributed by atoms with Gasteiger partial charge in [0.25, 0.3) is 0 Å². The van der Waals surface area contributed by atoms with Crippen molar-refractivity contribution in [3.63, 3.8) is 0 Å². The molecule has 0 radical (unpaired) electrons. The predicted octanol–water partition coefficient (Wildman–Crippen LogP) is 3.23.